The molecule has 0 unspecified atom stereocenters. The molecule has 0 spiro atoms. The van der Waals surface area contributed by atoms with Crippen LogP contribution in [0.2, 0.25) is 0 Å². The molecule has 1 radical (unpaired) electrons. The highest BCUT2D eigenvalue weighted by atomic mass is 16.1. The first kappa shape index (κ1) is 4.31. The molecular weight excluding hydrogens is 88.1 g/mol. The molecule has 0 aromatic heterocycles. The lowest BCUT2D eigenvalue weighted by Gasteiger charge is -1.87. The summed E-state index contributed by atoms with van der Waals surface area (Å²) < 4.78 is 0. The van der Waals surface area contributed by atoms with Gasteiger partial charge in [0.2, 0.25) is 0 Å². The molecule has 0 atom stereocenters. The molecule has 1 aliphatic rings. The molecule has 0 aromatic carbocycles. The van der Waals surface area contributed by atoms with Gasteiger partial charge in [0.25, 0.3) is 0 Å². The zero-order valence-corrected chi connectivity index (χ0v) is 3.85. The monoisotopic (exact) mass is 93.0 g/mol. The summed E-state index contributed by atoms with van der Waals surface area (Å²) in [6, 6.07) is 0. The minimum atomic E-state index is 0.141. The van der Waals surface area contributed by atoms with Crippen LogP contribution in [-0.2, 0) is 4.79 Å². The molecule has 1 nitrogen and oxygen atoms in total. The van der Waals surface area contributed by atoms with E-state index in [1.54, 1.807) is 18.2 Å². The normalized spacial score (nSPS) is 18.0. The van der Waals surface area contributed by atoms with E-state index in [0.29, 0.717) is 6.42 Å². The van der Waals surface area contributed by atoms with E-state index in [9.17, 15) is 4.79 Å². The van der Waals surface area contributed by atoms with Crippen LogP contribution in [0.3, 0.4) is 0 Å². The fourth-order valence-electron chi connectivity index (χ4n) is 0.442. The van der Waals surface area contributed by atoms with E-state index in [4.69, 9.17) is 0 Å². The van der Waals surface area contributed by atoms with Crippen molar-refractivity contribution >= 4 is 5.78 Å². The molecule has 0 bridgehead atoms. The highest BCUT2D eigenvalue weighted by Crippen LogP contribution is 1.93. The lowest BCUT2D eigenvalue weighted by molar-refractivity contribution is -0.114. The maximum absolute atomic E-state index is 10.3. The third-order valence-electron chi connectivity index (χ3n) is 0.772. The van der Waals surface area contributed by atoms with Crippen LogP contribution < -0.4 is 0 Å². The van der Waals surface area contributed by atoms with Crippen molar-refractivity contribution in [3.63, 3.8) is 0 Å². The molecule has 0 amide bonds. The standard InChI is InChI=1S/C6H5O/c7-6-4-2-1-3-5-6/h1-2,4H,5H2. The predicted molar refractivity (Wildman–Crippen MR) is 26.6 cm³/mol. The number of carbonyl (C=O) groups excluding carboxylic acids is 1. The second-order valence-electron chi connectivity index (χ2n) is 1.37. The molecule has 1 aliphatic carbocycles. The summed E-state index contributed by atoms with van der Waals surface area (Å²) >= 11 is 0. The van der Waals surface area contributed by atoms with Crippen LogP contribution >= 0.6 is 0 Å². The second-order valence-corrected chi connectivity index (χ2v) is 1.37. The SMILES string of the molecule is O=C1C=CC=[C]C1. The van der Waals surface area contributed by atoms with Crippen molar-refractivity contribution in [1.82, 2.24) is 0 Å². The van der Waals surface area contributed by atoms with Gasteiger partial charge in [-0.1, -0.05) is 12.2 Å². The fraction of sp³-hybridized carbons (Fsp3) is 0.167. The highest BCUT2D eigenvalue weighted by Gasteiger charge is 1.92. The van der Waals surface area contributed by atoms with Gasteiger partial charge in [-0.3, -0.25) is 4.79 Å². The Morgan fingerprint density at radius 1 is 1.71 bits per heavy atom. The summed E-state index contributed by atoms with van der Waals surface area (Å²) in [5.41, 5.74) is 0. The third-order valence-corrected chi connectivity index (χ3v) is 0.772. The van der Waals surface area contributed by atoms with Gasteiger partial charge in [-0.25, -0.2) is 0 Å². The third kappa shape index (κ3) is 1.000. The van der Waals surface area contributed by atoms with Crippen LogP contribution in [0.4, 0.5) is 0 Å². The Balaban J connectivity index is 2.66. The maximum Gasteiger partial charge on any atom is 0.160 e. The van der Waals surface area contributed by atoms with E-state index in [1.807, 2.05) is 0 Å². The van der Waals surface area contributed by atoms with Crippen LogP contribution in [0.5, 0.6) is 0 Å². The Hall–Kier alpha value is -0.850. The van der Waals surface area contributed by atoms with Crippen LogP contribution in [0.1, 0.15) is 6.42 Å². The van der Waals surface area contributed by atoms with Gasteiger partial charge in [-0.2, -0.15) is 0 Å². The van der Waals surface area contributed by atoms with Crippen LogP contribution in [-0.4, -0.2) is 5.78 Å². The molecule has 1 heteroatoms. The number of allylic oxidation sites excluding steroid dienone is 4. The fourth-order valence-corrected chi connectivity index (χ4v) is 0.442. The molecular formula is C6H5O. The van der Waals surface area contributed by atoms with E-state index in [2.05, 4.69) is 6.08 Å². The molecule has 0 saturated carbocycles. The minimum absolute atomic E-state index is 0.141. The Labute approximate surface area is 42.3 Å². The zero-order valence-electron chi connectivity index (χ0n) is 3.85. The van der Waals surface area contributed by atoms with Crippen molar-refractivity contribution in [3.05, 3.63) is 24.3 Å². The predicted octanol–water partition coefficient (Wildman–Crippen LogP) is 0.875. The molecule has 0 N–H and O–H groups in total. The van der Waals surface area contributed by atoms with Gasteiger partial charge in [0.15, 0.2) is 5.78 Å². The van der Waals surface area contributed by atoms with E-state index in [-0.39, 0.29) is 5.78 Å². The van der Waals surface area contributed by atoms with Crippen LogP contribution in [0, 0.1) is 6.08 Å². The summed E-state index contributed by atoms with van der Waals surface area (Å²) in [5.74, 6) is 0.141. The maximum atomic E-state index is 10.3. The highest BCUT2D eigenvalue weighted by molar-refractivity contribution is 5.91. The molecule has 0 saturated heterocycles. The Morgan fingerprint density at radius 2 is 2.57 bits per heavy atom. The summed E-state index contributed by atoms with van der Waals surface area (Å²) in [5, 5.41) is 0. The smallest absolute Gasteiger partial charge is 0.160 e. The van der Waals surface area contributed by atoms with Gasteiger partial charge < -0.3 is 0 Å². The number of hydrogen-bond donors (Lipinski definition) is 0. The van der Waals surface area contributed by atoms with Gasteiger partial charge in [0.1, 0.15) is 0 Å². The van der Waals surface area contributed by atoms with Gasteiger partial charge in [-0.15, -0.1) is 0 Å². The molecule has 0 aliphatic heterocycles. The van der Waals surface area contributed by atoms with Gasteiger partial charge in [-0.05, 0) is 12.2 Å². The van der Waals surface area contributed by atoms with Gasteiger partial charge >= 0.3 is 0 Å². The number of rotatable bonds is 0. The van der Waals surface area contributed by atoms with E-state index in [1.165, 1.54) is 0 Å². The van der Waals surface area contributed by atoms with Crippen molar-refractivity contribution in [2.24, 2.45) is 0 Å². The molecule has 0 heterocycles. The van der Waals surface area contributed by atoms with Crippen molar-refractivity contribution in [3.8, 4) is 0 Å². The lowest BCUT2D eigenvalue weighted by atomic mass is 10.2. The minimum Gasteiger partial charge on any atom is -0.294 e. The first-order chi connectivity index (χ1) is 3.39. The van der Waals surface area contributed by atoms with Gasteiger partial charge in [0.05, 0.1) is 0 Å². The topological polar surface area (TPSA) is 17.1 Å². The van der Waals surface area contributed by atoms with E-state index in [0.717, 1.165) is 0 Å². The van der Waals surface area contributed by atoms with Crippen LogP contribution in [0.15, 0.2) is 18.2 Å². The molecule has 1 rings (SSSR count). The Bertz CT molecular complexity index is 131. The summed E-state index contributed by atoms with van der Waals surface area (Å²) in [6.07, 6.45) is 8.23. The van der Waals surface area contributed by atoms with E-state index < -0.39 is 0 Å². The average molecular weight is 93.1 g/mol. The molecule has 35 valence electrons. The first-order valence-corrected chi connectivity index (χ1v) is 2.16. The number of ketones is 1. The average Bonchev–Trinajstić information content (AvgIpc) is 1.69. The Morgan fingerprint density at radius 3 is 2.86 bits per heavy atom. The molecule has 0 aromatic rings. The largest absolute Gasteiger partial charge is 0.294 e. The van der Waals surface area contributed by atoms with Crippen molar-refractivity contribution in [2.75, 3.05) is 0 Å². The van der Waals surface area contributed by atoms with Gasteiger partial charge in [0, 0.05) is 6.42 Å². The van der Waals surface area contributed by atoms with Crippen LogP contribution in [0.25, 0.3) is 0 Å². The quantitative estimate of drug-likeness (QED) is 0.434. The summed E-state index contributed by atoms with van der Waals surface area (Å²) in [7, 11) is 0. The van der Waals surface area contributed by atoms with Crippen molar-refractivity contribution in [1.29, 1.82) is 0 Å². The lowest BCUT2D eigenvalue weighted by Crippen LogP contribution is -1.91. The van der Waals surface area contributed by atoms with E-state index >= 15 is 0 Å². The Kier molecular flexibility index (Phi) is 1.07. The summed E-state index contributed by atoms with van der Waals surface area (Å²) in [6.45, 7) is 0. The number of carbonyl (C=O) groups is 1. The second kappa shape index (κ2) is 1.73. The summed E-state index contributed by atoms with van der Waals surface area (Å²) in [4.78, 5) is 10.3. The molecule has 7 heavy (non-hydrogen) atoms. The zero-order chi connectivity index (χ0) is 5.11. The van der Waals surface area contributed by atoms with Crippen molar-refractivity contribution in [2.45, 2.75) is 6.42 Å². The molecule has 0 fully saturated rings. The first-order valence-electron chi connectivity index (χ1n) is 2.16. The number of hydrogen-bond acceptors (Lipinski definition) is 1. The van der Waals surface area contributed by atoms with Crippen molar-refractivity contribution < 1.29 is 4.79 Å².